The maximum absolute atomic E-state index is 13.5. The van der Waals surface area contributed by atoms with Crippen LogP contribution in [0, 0.1) is 5.82 Å². The van der Waals surface area contributed by atoms with Crippen LogP contribution in [0.3, 0.4) is 0 Å². The number of aromatic nitrogens is 2. The summed E-state index contributed by atoms with van der Waals surface area (Å²) in [6, 6.07) is 7.17. The summed E-state index contributed by atoms with van der Waals surface area (Å²) >= 11 is 0. The van der Waals surface area contributed by atoms with E-state index in [-0.39, 0.29) is 11.9 Å². The lowest BCUT2D eigenvalue weighted by Crippen LogP contribution is -2.32. The normalized spacial score (nSPS) is 21.2. The number of benzene rings is 1. The molecule has 2 aliphatic rings. The number of hydrogen-bond acceptors (Lipinski definition) is 5. The molecule has 0 amide bonds. The summed E-state index contributed by atoms with van der Waals surface area (Å²) in [5.74, 6) is 1.96. The Hall–Kier alpha value is -1.79. The molecule has 2 heterocycles. The van der Waals surface area contributed by atoms with Gasteiger partial charge in [-0.1, -0.05) is 17.3 Å². The average molecular weight is 344 g/mol. The van der Waals surface area contributed by atoms with Crippen LogP contribution >= 0.6 is 0 Å². The third-order valence-electron chi connectivity index (χ3n) is 5.28. The molecular weight excluding hydrogens is 319 g/mol. The van der Waals surface area contributed by atoms with Gasteiger partial charge in [-0.25, -0.2) is 4.39 Å². The highest BCUT2D eigenvalue weighted by molar-refractivity contribution is 5.19. The maximum atomic E-state index is 13.5. The van der Waals surface area contributed by atoms with Crippen LogP contribution in [0.1, 0.15) is 55.4 Å². The van der Waals surface area contributed by atoms with Crippen molar-refractivity contribution in [1.29, 1.82) is 0 Å². The molecule has 1 saturated carbocycles. The fraction of sp³-hybridized carbons (Fsp3) is 0.579. The van der Waals surface area contributed by atoms with Gasteiger partial charge in [0.25, 0.3) is 0 Å². The predicted octanol–water partition coefficient (Wildman–Crippen LogP) is 3.36. The van der Waals surface area contributed by atoms with Crippen LogP contribution in [0.4, 0.5) is 4.39 Å². The number of hydrogen-bond donors (Lipinski definition) is 0. The first-order valence-corrected chi connectivity index (χ1v) is 9.23. The summed E-state index contributed by atoms with van der Waals surface area (Å²) in [4.78, 5) is 9.35. The van der Waals surface area contributed by atoms with E-state index >= 15 is 0 Å². The Kier molecular flexibility index (Phi) is 4.81. The molecule has 0 unspecified atom stereocenters. The number of rotatable bonds is 5. The SMILES string of the molecule is C[C@@H](c1cccc(F)c1)N1CCCN(Cc2noc(C3CC3)n2)CC1. The van der Waals surface area contributed by atoms with Crippen molar-refractivity contribution < 1.29 is 8.91 Å². The van der Waals surface area contributed by atoms with Gasteiger partial charge in [0.1, 0.15) is 5.82 Å². The lowest BCUT2D eigenvalue weighted by atomic mass is 10.1. The molecule has 0 N–H and O–H groups in total. The van der Waals surface area contributed by atoms with Crippen molar-refractivity contribution in [2.45, 2.75) is 44.7 Å². The highest BCUT2D eigenvalue weighted by Gasteiger charge is 2.30. The monoisotopic (exact) mass is 344 g/mol. The van der Waals surface area contributed by atoms with Gasteiger partial charge >= 0.3 is 0 Å². The van der Waals surface area contributed by atoms with Gasteiger partial charge in [0.2, 0.25) is 5.89 Å². The van der Waals surface area contributed by atoms with Gasteiger partial charge in [0.05, 0.1) is 6.54 Å². The highest BCUT2D eigenvalue weighted by atomic mass is 19.1. The van der Waals surface area contributed by atoms with E-state index in [2.05, 4.69) is 26.9 Å². The number of nitrogens with zero attached hydrogens (tertiary/aromatic N) is 4. The van der Waals surface area contributed by atoms with Crippen molar-refractivity contribution in [3.63, 3.8) is 0 Å². The maximum Gasteiger partial charge on any atom is 0.229 e. The van der Waals surface area contributed by atoms with E-state index in [1.54, 1.807) is 12.1 Å². The molecule has 6 heteroatoms. The van der Waals surface area contributed by atoms with Crippen molar-refractivity contribution in [3.05, 3.63) is 47.4 Å². The van der Waals surface area contributed by atoms with E-state index in [4.69, 9.17) is 4.52 Å². The average Bonchev–Trinajstić information content (AvgIpc) is 3.39. The van der Waals surface area contributed by atoms with Crippen LogP contribution in [0.2, 0.25) is 0 Å². The minimum Gasteiger partial charge on any atom is -0.339 e. The van der Waals surface area contributed by atoms with E-state index in [1.165, 1.54) is 18.9 Å². The first kappa shape index (κ1) is 16.7. The molecular formula is C19H25FN4O. The van der Waals surface area contributed by atoms with Crippen LogP contribution in [-0.4, -0.2) is 46.1 Å². The lowest BCUT2D eigenvalue weighted by Gasteiger charge is -2.28. The molecule has 1 aliphatic heterocycles. The molecule has 5 nitrogen and oxygen atoms in total. The Balaban J connectivity index is 1.34. The fourth-order valence-electron chi connectivity index (χ4n) is 3.54. The molecule has 25 heavy (non-hydrogen) atoms. The summed E-state index contributed by atoms with van der Waals surface area (Å²) in [5.41, 5.74) is 1.04. The molecule has 0 radical (unpaired) electrons. The molecule has 1 aromatic carbocycles. The van der Waals surface area contributed by atoms with Crippen LogP contribution in [0.5, 0.6) is 0 Å². The second-order valence-electron chi connectivity index (χ2n) is 7.22. The van der Waals surface area contributed by atoms with E-state index in [9.17, 15) is 4.39 Å². The number of halogens is 1. The standard InChI is InChI=1S/C19H25FN4O/c1-14(16-4-2-5-17(20)12-16)24-9-3-8-23(10-11-24)13-18-21-19(25-22-18)15-6-7-15/h2,4-5,12,14-15H,3,6-11,13H2,1H3/t14-/m0/s1. The Bertz CT molecular complexity index is 715. The van der Waals surface area contributed by atoms with Crippen LogP contribution < -0.4 is 0 Å². The highest BCUT2D eigenvalue weighted by Crippen LogP contribution is 2.38. The molecule has 134 valence electrons. The smallest absolute Gasteiger partial charge is 0.229 e. The summed E-state index contributed by atoms with van der Waals surface area (Å²) in [6.45, 7) is 6.88. The summed E-state index contributed by atoms with van der Waals surface area (Å²) < 4.78 is 18.8. The first-order valence-electron chi connectivity index (χ1n) is 9.23. The third-order valence-corrected chi connectivity index (χ3v) is 5.28. The minimum atomic E-state index is -0.163. The van der Waals surface area contributed by atoms with E-state index in [0.29, 0.717) is 5.92 Å². The molecule has 1 aliphatic carbocycles. The van der Waals surface area contributed by atoms with Crippen molar-refractivity contribution in [1.82, 2.24) is 19.9 Å². The molecule has 1 saturated heterocycles. The van der Waals surface area contributed by atoms with Crippen molar-refractivity contribution in [3.8, 4) is 0 Å². The quantitative estimate of drug-likeness (QED) is 0.832. The van der Waals surface area contributed by atoms with Gasteiger partial charge in [0, 0.05) is 31.6 Å². The predicted molar refractivity (Wildman–Crippen MR) is 92.6 cm³/mol. The van der Waals surface area contributed by atoms with Gasteiger partial charge in [-0.3, -0.25) is 9.80 Å². The van der Waals surface area contributed by atoms with Crippen molar-refractivity contribution in [2.75, 3.05) is 26.2 Å². The molecule has 2 fully saturated rings. The van der Waals surface area contributed by atoms with Crippen LogP contribution in [0.25, 0.3) is 0 Å². The Labute approximate surface area is 147 Å². The summed E-state index contributed by atoms with van der Waals surface area (Å²) in [5, 5.41) is 4.13. The zero-order chi connectivity index (χ0) is 17.2. The van der Waals surface area contributed by atoms with E-state index in [1.807, 2.05) is 6.07 Å². The molecule has 4 rings (SSSR count). The van der Waals surface area contributed by atoms with Gasteiger partial charge in [-0.2, -0.15) is 4.98 Å². The van der Waals surface area contributed by atoms with Gasteiger partial charge in [-0.15, -0.1) is 0 Å². The third kappa shape index (κ3) is 4.07. The Morgan fingerprint density at radius 2 is 2.12 bits per heavy atom. The van der Waals surface area contributed by atoms with E-state index < -0.39 is 0 Å². The van der Waals surface area contributed by atoms with Gasteiger partial charge < -0.3 is 4.52 Å². The second kappa shape index (κ2) is 7.22. The van der Waals surface area contributed by atoms with Gasteiger partial charge in [-0.05, 0) is 50.4 Å². The molecule has 0 spiro atoms. The lowest BCUT2D eigenvalue weighted by molar-refractivity contribution is 0.206. The molecule has 0 bridgehead atoms. The first-order chi connectivity index (χ1) is 12.2. The zero-order valence-corrected chi connectivity index (χ0v) is 14.7. The fourth-order valence-corrected chi connectivity index (χ4v) is 3.54. The largest absolute Gasteiger partial charge is 0.339 e. The molecule has 1 atom stereocenters. The molecule has 1 aromatic heterocycles. The summed E-state index contributed by atoms with van der Waals surface area (Å²) in [6.07, 6.45) is 3.45. The Morgan fingerprint density at radius 3 is 2.92 bits per heavy atom. The Morgan fingerprint density at radius 1 is 1.24 bits per heavy atom. The zero-order valence-electron chi connectivity index (χ0n) is 14.7. The second-order valence-corrected chi connectivity index (χ2v) is 7.22. The van der Waals surface area contributed by atoms with E-state index in [0.717, 1.165) is 56.4 Å². The van der Waals surface area contributed by atoms with Crippen molar-refractivity contribution in [2.24, 2.45) is 0 Å². The molecule has 2 aromatic rings. The van der Waals surface area contributed by atoms with Crippen LogP contribution in [-0.2, 0) is 6.54 Å². The van der Waals surface area contributed by atoms with Crippen LogP contribution in [0.15, 0.2) is 28.8 Å². The van der Waals surface area contributed by atoms with Gasteiger partial charge in [0.15, 0.2) is 5.82 Å². The minimum absolute atomic E-state index is 0.163. The summed E-state index contributed by atoms with van der Waals surface area (Å²) in [7, 11) is 0. The topological polar surface area (TPSA) is 45.4 Å². The van der Waals surface area contributed by atoms with Crippen molar-refractivity contribution >= 4 is 0 Å².